The number of quaternary nitrogens is 1. The third-order valence-corrected chi connectivity index (χ3v) is 1.87. The van der Waals surface area contributed by atoms with E-state index >= 15 is 0 Å². The van der Waals surface area contributed by atoms with Crippen LogP contribution in [0, 0.1) is 0 Å². The molecule has 3 nitrogen and oxygen atoms in total. The molecule has 0 fully saturated rings. The Bertz CT molecular complexity index is 339. The van der Waals surface area contributed by atoms with Gasteiger partial charge in [-0.3, -0.25) is 0 Å². The van der Waals surface area contributed by atoms with Crippen LogP contribution in [-0.2, 0) is 16.1 Å². The standard InChI is InChI=1S/C10H16N.C4H6O2/c1-11(2,3)9-10-7-5-4-6-8-10;1-3-4(5)6-2/h4-8H,9H2,1-3H3;3H,1H2,2H3/q+1;. The molecule has 1 rings (SSSR count). The minimum atomic E-state index is -0.394. The molecule has 0 bridgehead atoms. The summed E-state index contributed by atoms with van der Waals surface area (Å²) < 4.78 is 5.13. The van der Waals surface area contributed by atoms with Gasteiger partial charge in [0.05, 0.1) is 28.3 Å². The van der Waals surface area contributed by atoms with E-state index in [1.54, 1.807) is 0 Å². The molecular formula is C14H22NO2+. The van der Waals surface area contributed by atoms with Gasteiger partial charge in [0.1, 0.15) is 6.54 Å². The smallest absolute Gasteiger partial charge is 0.329 e. The molecular weight excluding hydrogens is 214 g/mol. The molecule has 0 N–H and O–H groups in total. The molecule has 3 heteroatoms. The molecule has 0 aromatic heterocycles. The Balaban J connectivity index is 0.000000366. The molecule has 1 aromatic rings. The Hall–Kier alpha value is -1.61. The summed E-state index contributed by atoms with van der Waals surface area (Å²) in [7, 11) is 7.91. The molecule has 0 radical (unpaired) electrons. The van der Waals surface area contributed by atoms with Crippen LogP contribution in [0.1, 0.15) is 5.56 Å². The van der Waals surface area contributed by atoms with Gasteiger partial charge in [-0.15, -0.1) is 0 Å². The largest absolute Gasteiger partial charge is 0.466 e. The molecule has 0 amide bonds. The van der Waals surface area contributed by atoms with Crippen molar-refractivity contribution in [1.82, 2.24) is 0 Å². The predicted octanol–water partition coefficient (Wildman–Crippen LogP) is 2.24. The lowest BCUT2D eigenvalue weighted by molar-refractivity contribution is -0.884. The van der Waals surface area contributed by atoms with Gasteiger partial charge in [0.15, 0.2) is 0 Å². The molecule has 1 aromatic carbocycles. The minimum absolute atomic E-state index is 0.394. The van der Waals surface area contributed by atoms with Gasteiger partial charge in [-0.25, -0.2) is 4.79 Å². The molecule has 94 valence electrons. The number of hydrogen-bond acceptors (Lipinski definition) is 2. The van der Waals surface area contributed by atoms with Crippen LogP contribution in [0.5, 0.6) is 0 Å². The molecule has 0 aliphatic heterocycles. The molecule has 0 unspecified atom stereocenters. The maximum absolute atomic E-state index is 9.84. The zero-order chi connectivity index (χ0) is 13.3. The monoisotopic (exact) mass is 236 g/mol. The van der Waals surface area contributed by atoms with Gasteiger partial charge < -0.3 is 9.22 Å². The Kier molecular flexibility index (Phi) is 6.91. The Morgan fingerprint density at radius 1 is 1.29 bits per heavy atom. The van der Waals surface area contributed by atoms with E-state index in [4.69, 9.17) is 0 Å². The van der Waals surface area contributed by atoms with Gasteiger partial charge in [0.2, 0.25) is 0 Å². The summed E-state index contributed by atoms with van der Waals surface area (Å²) in [5.41, 5.74) is 1.40. The maximum Gasteiger partial charge on any atom is 0.329 e. The number of rotatable bonds is 3. The van der Waals surface area contributed by atoms with Crippen molar-refractivity contribution in [2.24, 2.45) is 0 Å². The van der Waals surface area contributed by atoms with Crippen molar-refractivity contribution < 1.29 is 14.0 Å². The van der Waals surface area contributed by atoms with E-state index in [1.807, 2.05) is 0 Å². The van der Waals surface area contributed by atoms with E-state index < -0.39 is 5.97 Å². The topological polar surface area (TPSA) is 26.3 Å². The fourth-order valence-electron chi connectivity index (χ4n) is 1.21. The highest BCUT2D eigenvalue weighted by Crippen LogP contribution is 2.05. The van der Waals surface area contributed by atoms with E-state index in [0.29, 0.717) is 0 Å². The Morgan fingerprint density at radius 2 is 1.82 bits per heavy atom. The average Bonchev–Trinajstić information content (AvgIpc) is 2.28. The first kappa shape index (κ1) is 15.4. The lowest BCUT2D eigenvalue weighted by atomic mass is 10.2. The molecule has 0 spiro atoms. The van der Waals surface area contributed by atoms with Crippen molar-refractivity contribution in [2.45, 2.75) is 6.54 Å². The lowest BCUT2D eigenvalue weighted by Gasteiger charge is -2.23. The van der Waals surface area contributed by atoms with Crippen LogP contribution in [0.15, 0.2) is 43.0 Å². The van der Waals surface area contributed by atoms with E-state index in [1.165, 1.54) is 12.7 Å². The van der Waals surface area contributed by atoms with Crippen molar-refractivity contribution in [2.75, 3.05) is 28.3 Å². The van der Waals surface area contributed by atoms with Gasteiger partial charge in [-0.1, -0.05) is 36.9 Å². The lowest BCUT2D eigenvalue weighted by Crippen LogP contribution is -2.33. The second kappa shape index (κ2) is 7.63. The van der Waals surface area contributed by atoms with E-state index in [0.717, 1.165) is 17.1 Å². The van der Waals surface area contributed by atoms with Crippen LogP contribution in [-0.4, -0.2) is 38.7 Å². The summed E-state index contributed by atoms with van der Waals surface area (Å²) in [6.07, 6.45) is 1.11. The third kappa shape index (κ3) is 9.33. The normalized spacial score (nSPS) is 9.88. The summed E-state index contributed by atoms with van der Waals surface area (Å²) in [5, 5.41) is 0. The first-order valence-electron chi connectivity index (χ1n) is 5.44. The molecule has 0 saturated carbocycles. The summed E-state index contributed by atoms with van der Waals surface area (Å²) in [5.74, 6) is -0.394. The van der Waals surface area contributed by atoms with Crippen LogP contribution in [0.25, 0.3) is 0 Å². The fourth-order valence-corrected chi connectivity index (χ4v) is 1.21. The molecule has 0 aliphatic rings. The SMILES string of the molecule is C=CC(=O)OC.C[N+](C)(C)Cc1ccccc1. The number of benzene rings is 1. The zero-order valence-corrected chi connectivity index (χ0v) is 11.1. The van der Waals surface area contributed by atoms with Crippen molar-refractivity contribution in [3.8, 4) is 0 Å². The van der Waals surface area contributed by atoms with E-state index in [-0.39, 0.29) is 0 Å². The second-order valence-electron chi connectivity index (χ2n) is 4.66. The molecule has 0 saturated heterocycles. The van der Waals surface area contributed by atoms with Crippen molar-refractivity contribution in [1.29, 1.82) is 0 Å². The summed E-state index contributed by atoms with van der Waals surface area (Å²) in [6, 6.07) is 10.6. The highest BCUT2D eigenvalue weighted by Gasteiger charge is 2.06. The Labute approximate surface area is 104 Å². The first-order chi connectivity index (χ1) is 7.89. The maximum atomic E-state index is 9.84. The van der Waals surface area contributed by atoms with Crippen LogP contribution in [0.2, 0.25) is 0 Å². The second-order valence-corrected chi connectivity index (χ2v) is 4.66. The fraction of sp³-hybridized carbons (Fsp3) is 0.357. The van der Waals surface area contributed by atoms with Crippen LogP contribution >= 0.6 is 0 Å². The highest BCUT2D eigenvalue weighted by atomic mass is 16.5. The third-order valence-electron chi connectivity index (χ3n) is 1.87. The zero-order valence-electron chi connectivity index (χ0n) is 11.1. The van der Waals surface area contributed by atoms with Gasteiger partial charge in [0.25, 0.3) is 0 Å². The molecule has 0 heterocycles. The number of nitrogens with zero attached hydrogens (tertiary/aromatic N) is 1. The number of methoxy groups -OCH3 is 1. The number of carbonyl (C=O) groups excluding carboxylic acids is 1. The van der Waals surface area contributed by atoms with E-state index in [2.05, 4.69) is 62.8 Å². The summed E-state index contributed by atoms with van der Waals surface area (Å²) in [4.78, 5) is 9.84. The van der Waals surface area contributed by atoms with Crippen molar-refractivity contribution in [3.63, 3.8) is 0 Å². The number of carbonyl (C=O) groups is 1. The highest BCUT2D eigenvalue weighted by molar-refractivity contribution is 5.80. The first-order valence-corrected chi connectivity index (χ1v) is 5.44. The van der Waals surface area contributed by atoms with Crippen molar-refractivity contribution >= 4 is 5.97 Å². The quantitative estimate of drug-likeness (QED) is 0.457. The summed E-state index contributed by atoms with van der Waals surface area (Å²) >= 11 is 0. The van der Waals surface area contributed by atoms with Crippen LogP contribution in [0.4, 0.5) is 0 Å². The molecule has 0 atom stereocenters. The summed E-state index contributed by atoms with van der Waals surface area (Å²) in [6.45, 7) is 4.25. The Morgan fingerprint density at radius 3 is 2.12 bits per heavy atom. The number of esters is 1. The average molecular weight is 236 g/mol. The van der Waals surface area contributed by atoms with Crippen LogP contribution < -0.4 is 0 Å². The van der Waals surface area contributed by atoms with Crippen LogP contribution in [0.3, 0.4) is 0 Å². The van der Waals surface area contributed by atoms with Gasteiger partial charge >= 0.3 is 5.97 Å². The molecule has 17 heavy (non-hydrogen) atoms. The van der Waals surface area contributed by atoms with Crippen molar-refractivity contribution in [3.05, 3.63) is 48.6 Å². The van der Waals surface area contributed by atoms with Gasteiger partial charge in [-0.2, -0.15) is 0 Å². The predicted molar refractivity (Wildman–Crippen MR) is 70.4 cm³/mol. The van der Waals surface area contributed by atoms with Gasteiger partial charge in [-0.05, 0) is 0 Å². The minimum Gasteiger partial charge on any atom is -0.466 e. The van der Waals surface area contributed by atoms with Gasteiger partial charge in [0, 0.05) is 11.6 Å². The number of hydrogen-bond donors (Lipinski definition) is 0. The molecule has 0 aliphatic carbocycles. The number of ether oxygens (including phenoxy) is 1. The van der Waals surface area contributed by atoms with E-state index in [9.17, 15) is 4.79 Å².